The Balaban J connectivity index is 2.88. The maximum Gasteiger partial charge on any atom is 0.0204 e. The summed E-state index contributed by atoms with van der Waals surface area (Å²) >= 11 is 0. The second kappa shape index (κ2) is 3.27. The average Bonchev–Trinajstić information content (AvgIpc) is 2.24. The molecule has 1 aliphatic rings. The van der Waals surface area contributed by atoms with Crippen molar-refractivity contribution in [3.05, 3.63) is 0 Å². The Morgan fingerprint density at radius 1 is 1.23 bits per heavy atom. The molecule has 0 radical (unpaired) electrons. The summed E-state index contributed by atoms with van der Waals surface area (Å²) in [5.74, 6) is 1.68. The van der Waals surface area contributed by atoms with Gasteiger partial charge in [0.15, 0.2) is 0 Å². The molecule has 0 aliphatic heterocycles. The number of nitrogens with one attached hydrogen (secondary N) is 1. The van der Waals surface area contributed by atoms with Crippen molar-refractivity contribution in [2.75, 3.05) is 7.05 Å². The van der Waals surface area contributed by atoms with Crippen molar-refractivity contribution in [3.8, 4) is 0 Å². The highest BCUT2D eigenvalue weighted by atomic mass is 15.0. The van der Waals surface area contributed by atoms with Crippen molar-refractivity contribution in [1.29, 1.82) is 0 Å². The predicted molar refractivity (Wildman–Crippen MR) is 58.8 cm³/mol. The molecule has 13 heavy (non-hydrogen) atoms. The molecule has 2 atom stereocenters. The van der Waals surface area contributed by atoms with Crippen LogP contribution in [-0.4, -0.2) is 12.6 Å². The fourth-order valence-electron chi connectivity index (χ4n) is 3.15. The Morgan fingerprint density at radius 2 is 1.77 bits per heavy atom. The molecule has 0 aromatic rings. The van der Waals surface area contributed by atoms with Crippen molar-refractivity contribution < 1.29 is 0 Å². The second-order valence-electron chi connectivity index (χ2n) is 5.69. The summed E-state index contributed by atoms with van der Waals surface area (Å²) in [7, 11) is 2.10. The van der Waals surface area contributed by atoms with Crippen LogP contribution in [0, 0.1) is 17.3 Å². The highest BCUT2D eigenvalue weighted by Crippen LogP contribution is 2.52. The third-order valence-corrected chi connectivity index (χ3v) is 4.66. The van der Waals surface area contributed by atoms with Crippen LogP contribution in [0.3, 0.4) is 0 Å². The van der Waals surface area contributed by atoms with E-state index in [4.69, 9.17) is 0 Å². The number of hydrogen-bond donors (Lipinski definition) is 1. The van der Waals surface area contributed by atoms with Gasteiger partial charge in [0.2, 0.25) is 0 Å². The fraction of sp³-hybridized carbons (Fsp3) is 1.00. The van der Waals surface area contributed by atoms with Crippen LogP contribution in [-0.2, 0) is 0 Å². The van der Waals surface area contributed by atoms with Crippen LogP contribution < -0.4 is 5.32 Å². The van der Waals surface area contributed by atoms with E-state index < -0.39 is 0 Å². The van der Waals surface area contributed by atoms with Crippen LogP contribution >= 0.6 is 0 Å². The minimum Gasteiger partial charge on any atom is -0.314 e. The summed E-state index contributed by atoms with van der Waals surface area (Å²) in [5.41, 5.74) is 0.762. The van der Waals surface area contributed by atoms with E-state index in [1.165, 1.54) is 12.8 Å². The largest absolute Gasteiger partial charge is 0.314 e. The van der Waals surface area contributed by atoms with Crippen LogP contribution in [0.15, 0.2) is 0 Å². The molecular weight excluding hydrogens is 158 g/mol. The van der Waals surface area contributed by atoms with Gasteiger partial charge in [-0.25, -0.2) is 0 Å². The van der Waals surface area contributed by atoms with Gasteiger partial charge in [-0.3, -0.25) is 0 Å². The van der Waals surface area contributed by atoms with Gasteiger partial charge in [0.25, 0.3) is 0 Å². The molecule has 0 bridgehead atoms. The van der Waals surface area contributed by atoms with Gasteiger partial charge < -0.3 is 5.32 Å². The molecule has 1 rings (SSSR count). The summed E-state index contributed by atoms with van der Waals surface area (Å²) in [4.78, 5) is 0. The van der Waals surface area contributed by atoms with E-state index in [2.05, 4.69) is 47.0 Å². The molecule has 1 unspecified atom stereocenters. The molecule has 78 valence electrons. The standard InChI is InChI=1S/C12H25N/c1-9(2)10-7-8-12(5,13-6)11(10,3)4/h9-10,13H,7-8H2,1-6H3/t10?,12-/m0/s1. The van der Waals surface area contributed by atoms with E-state index >= 15 is 0 Å². The van der Waals surface area contributed by atoms with Gasteiger partial charge in [0.1, 0.15) is 0 Å². The minimum atomic E-state index is 0.335. The van der Waals surface area contributed by atoms with Crippen LogP contribution in [0.2, 0.25) is 0 Å². The lowest BCUT2D eigenvalue weighted by atomic mass is 9.68. The first kappa shape index (κ1) is 11.0. The molecule has 0 aromatic carbocycles. The fourth-order valence-corrected chi connectivity index (χ4v) is 3.15. The quantitative estimate of drug-likeness (QED) is 0.694. The molecule has 0 saturated heterocycles. The lowest BCUT2D eigenvalue weighted by Crippen LogP contribution is -2.50. The van der Waals surface area contributed by atoms with E-state index in [0.29, 0.717) is 11.0 Å². The molecule has 1 heteroatoms. The van der Waals surface area contributed by atoms with E-state index in [1.54, 1.807) is 0 Å². The summed E-state index contributed by atoms with van der Waals surface area (Å²) in [6, 6.07) is 0. The number of hydrogen-bond acceptors (Lipinski definition) is 1. The Labute approximate surface area is 83.3 Å². The molecule has 1 fully saturated rings. The predicted octanol–water partition coefficient (Wildman–Crippen LogP) is 3.06. The molecule has 0 aromatic heterocycles. The van der Waals surface area contributed by atoms with E-state index in [-0.39, 0.29) is 0 Å². The highest BCUT2D eigenvalue weighted by molar-refractivity contribution is 5.05. The molecular formula is C12H25N. The first-order valence-electron chi connectivity index (χ1n) is 5.54. The molecule has 0 amide bonds. The van der Waals surface area contributed by atoms with Gasteiger partial charge >= 0.3 is 0 Å². The van der Waals surface area contributed by atoms with Gasteiger partial charge in [-0.05, 0) is 44.1 Å². The molecule has 1 saturated carbocycles. The van der Waals surface area contributed by atoms with Crippen molar-refractivity contribution in [2.24, 2.45) is 17.3 Å². The third kappa shape index (κ3) is 1.52. The zero-order chi connectivity index (χ0) is 10.3. The second-order valence-corrected chi connectivity index (χ2v) is 5.69. The SMILES string of the molecule is CN[C@@]1(C)CCC(C(C)C)C1(C)C. The Hall–Kier alpha value is -0.0400. The number of rotatable bonds is 2. The van der Waals surface area contributed by atoms with E-state index in [1.807, 2.05) is 0 Å². The highest BCUT2D eigenvalue weighted by Gasteiger charge is 2.51. The van der Waals surface area contributed by atoms with Crippen molar-refractivity contribution >= 4 is 0 Å². The topological polar surface area (TPSA) is 12.0 Å². The van der Waals surface area contributed by atoms with Gasteiger partial charge in [-0.2, -0.15) is 0 Å². The van der Waals surface area contributed by atoms with E-state index in [0.717, 1.165) is 11.8 Å². The molecule has 0 heterocycles. The van der Waals surface area contributed by atoms with Crippen LogP contribution in [0.1, 0.15) is 47.5 Å². The first-order valence-corrected chi connectivity index (χ1v) is 5.54. The maximum absolute atomic E-state index is 3.52. The maximum atomic E-state index is 3.52. The van der Waals surface area contributed by atoms with Crippen molar-refractivity contribution in [3.63, 3.8) is 0 Å². The average molecular weight is 183 g/mol. The summed E-state index contributed by atoms with van der Waals surface area (Å²) < 4.78 is 0. The molecule has 0 spiro atoms. The minimum absolute atomic E-state index is 0.335. The molecule has 1 N–H and O–H groups in total. The zero-order valence-corrected chi connectivity index (χ0v) is 10.1. The van der Waals surface area contributed by atoms with Crippen LogP contribution in [0.25, 0.3) is 0 Å². The Morgan fingerprint density at radius 3 is 2.00 bits per heavy atom. The van der Waals surface area contributed by atoms with Crippen LogP contribution in [0.4, 0.5) is 0 Å². The molecule has 1 aliphatic carbocycles. The van der Waals surface area contributed by atoms with E-state index in [9.17, 15) is 0 Å². The van der Waals surface area contributed by atoms with Gasteiger partial charge in [0.05, 0.1) is 0 Å². The summed E-state index contributed by atoms with van der Waals surface area (Å²) in [6.07, 6.45) is 2.70. The monoisotopic (exact) mass is 183 g/mol. The first-order chi connectivity index (χ1) is 5.85. The van der Waals surface area contributed by atoms with Crippen LogP contribution in [0.5, 0.6) is 0 Å². The Kier molecular flexibility index (Phi) is 2.78. The summed E-state index contributed by atoms with van der Waals surface area (Å²) in [5, 5.41) is 3.52. The van der Waals surface area contributed by atoms with Crippen molar-refractivity contribution in [1.82, 2.24) is 5.32 Å². The normalized spacial score (nSPS) is 38.5. The smallest absolute Gasteiger partial charge is 0.0204 e. The Bertz CT molecular complexity index is 184. The van der Waals surface area contributed by atoms with Crippen molar-refractivity contribution in [2.45, 2.75) is 53.0 Å². The van der Waals surface area contributed by atoms with Gasteiger partial charge in [-0.1, -0.05) is 27.7 Å². The van der Waals surface area contributed by atoms with Gasteiger partial charge in [0, 0.05) is 5.54 Å². The van der Waals surface area contributed by atoms with Gasteiger partial charge in [-0.15, -0.1) is 0 Å². The zero-order valence-electron chi connectivity index (χ0n) is 10.1. The lowest BCUT2D eigenvalue weighted by Gasteiger charge is -2.43. The third-order valence-electron chi connectivity index (χ3n) is 4.66. The summed E-state index contributed by atoms with van der Waals surface area (Å²) in [6.45, 7) is 11.9. The molecule has 1 nitrogen and oxygen atoms in total. The lowest BCUT2D eigenvalue weighted by molar-refractivity contribution is 0.108.